The van der Waals surface area contributed by atoms with E-state index in [4.69, 9.17) is 0 Å². The van der Waals surface area contributed by atoms with Crippen molar-refractivity contribution in [1.29, 1.82) is 0 Å². The summed E-state index contributed by atoms with van der Waals surface area (Å²) in [6.07, 6.45) is 0. The Balaban J connectivity index is 1.42. The van der Waals surface area contributed by atoms with Crippen LogP contribution in [0, 0.1) is 20.8 Å². The number of rotatable bonds is 6. The summed E-state index contributed by atoms with van der Waals surface area (Å²) in [5.41, 5.74) is 3.01. The smallest absolute Gasteiger partial charge is 0.238 e. The zero-order valence-corrected chi connectivity index (χ0v) is 17.3. The van der Waals surface area contributed by atoms with Crippen molar-refractivity contribution in [2.45, 2.75) is 25.9 Å². The molecule has 8 nitrogen and oxygen atoms in total. The topological polar surface area (TPSA) is 94.2 Å². The van der Waals surface area contributed by atoms with Crippen LogP contribution in [0.2, 0.25) is 0 Å². The summed E-state index contributed by atoms with van der Waals surface area (Å²) in [6, 6.07) is 5.97. The van der Waals surface area contributed by atoms with Crippen molar-refractivity contribution in [3.8, 4) is 0 Å². The van der Waals surface area contributed by atoms with Gasteiger partial charge in [0, 0.05) is 31.9 Å². The second-order valence-corrected chi connectivity index (χ2v) is 7.91. The number of carbonyl (C=O) groups is 2. The minimum atomic E-state index is -0.0206. The van der Waals surface area contributed by atoms with Crippen LogP contribution in [0.1, 0.15) is 17.0 Å². The van der Waals surface area contributed by atoms with E-state index < -0.39 is 0 Å². The monoisotopic (exact) mass is 402 g/mol. The number of anilines is 1. The molecule has 0 aliphatic carbocycles. The summed E-state index contributed by atoms with van der Waals surface area (Å²) in [5, 5.41) is 10.4. The molecule has 28 heavy (non-hydrogen) atoms. The van der Waals surface area contributed by atoms with Crippen molar-refractivity contribution >= 4 is 29.3 Å². The Bertz CT molecular complexity index is 824. The van der Waals surface area contributed by atoms with E-state index >= 15 is 0 Å². The average Bonchev–Trinajstić information content (AvgIpc) is 3.09. The Hall–Kier alpha value is -2.39. The van der Waals surface area contributed by atoms with Crippen LogP contribution in [0.15, 0.2) is 23.4 Å². The summed E-state index contributed by atoms with van der Waals surface area (Å²) in [5.74, 6) is 1.12. The molecule has 2 amide bonds. The Morgan fingerprint density at radius 3 is 2.43 bits per heavy atom. The first-order chi connectivity index (χ1) is 13.4. The van der Waals surface area contributed by atoms with Gasteiger partial charge in [0.1, 0.15) is 5.82 Å². The summed E-state index contributed by atoms with van der Waals surface area (Å²) in [7, 11) is 0. The molecule has 1 aliphatic heterocycles. The van der Waals surface area contributed by atoms with Crippen LogP contribution >= 0.6 is 11.8 Å². The summed E-state index contributed by atoms with van der Waals surface area (Å²) in [6.45, 7) is 8.78. The molecule has 0 radical (unpaired) electrons. The van der Waals surface area contributed by atoms with Crippen LogP contribution in [0.25, 0.3) is 0 Å². The van der Waals surface area contributed by atoms with Crippen molar-refractivity contribution in [2.75, 3.05) is 43.8 Å². The van der Waals surface area contributed by atoms with Gasteiger partial charge in [-0.05, 0) is 31.9 Å². The van der Waals surface area contributed by atoms with E-state index in [0.29, 0.717) is 43.6 Å². The fourth-order valence-electron chi connectivity index (χ4n) is 3.15. The molecule has 1 aromatic carbocycles. The van der Waals surface area contributed by atoms with Crippen LogP contribution < -0.4 is 5.32 Å². The maximum absolute atomic E-state index is 12.4. The fraction of sp³-hybridized carbons (Fsp3) is 0.474. The average molecular weight is 403 g/mol. The van der Waals surface area contributed by atoms with E-state index in [-0.39, 0.29) is 11.8 Å². The van der Waals surface area contributed by atoms with Crippen LogP contribution in [-0.2, 0) is 9.59 Å². The number of para-hydroxylation sites is 1. The van der Waals surface area contributed by atoms with Gasteiger partial charge in [-0.1, -0.05) is 30.0 Å². The van der Waals surface area contributed by atoms with Crippen LogP contribution in [0.4, 0.5) is 5.69 Å². The molecular weight excluding hydrogens is 376 g/mol. The van der Waals surface area contributed by atoms with Crippen molar-refractivity contribution in [1.82, 2.24) is 25.0 Å². The maximum Gasteiger partial charge on any atom is 0.238 e. The fourth-order valence-corrected chi connectivity index (χ4v) is 3.90. The summed E-state index contributed by atoms with van der Waals surface area (Å²) in [4.78, 5) is 32.9. The molecule has 0 unspecified atom stereocenters. The van der Waals surface area contributed by atoms with Crippen LogP contribution in [0.5, 0.6) is 0 Å². The second-order valence-electron chi connectivity index (χ2n) is 6.96. The first kappa shape index (κ1) is 20.3. The number of aromatic amines is 1. The molecule has 9 heteroatoms. The highest BCUT2D eigenvalue weighted by molar-refractivity contribution is 7.99. The van der Waals surface area contributed by atoms with E-state index in [1.54, 1.807) is 0 Å². The molecular formula is C19H26N6O2S. The highest BCUT2D eigenvalue weighted by atomic mass is 32.2. The SMILES string of the molecule is Cc1nc(SCC(=O)N2CCN(CC(=O)Nc3c(C)cccc3C)CC2)n[nH]1. The van der Waals surface area contributed by atoms with Gasteiger partial charge in [-0.15, -0.1) is 5.10 Å². The highest BCUT2D eigenvalue weighted by Crippen LogP contribution is 2.19. The second kappa shape index (κ2) is 9.20. The number of benzene rings is 1. The predicted molar refractivity (Wildman–Crippen MR) is 109 cm³/mol. The third kappa shape index (κ3) is 5.32. The Labute approximate surface area is 169 Å². The molecule has 1 aromatic heterocycles. The van der Waals surface area contributed by atoms with Gasteiger partial charge in [0.15, 0.2) is 0 Å². The predicted octanol–water partition coefficient (Wildman–Crippen LogP) is 1.60. The summed E-state index contributed by atoms with van der Waals surface area (Å²) < 4.78 is 0. The van der Waals surface area contributed by atoms with E-state index in [9.17, 15) is 9.59 Å². The number of hydrogen-bond donors (Lipinski definition) is 2. The minimum absolute atomic E-state index is 0.0206. The van der Waals surface area contributed by atoms with Crippen LogP contribution in [0.3, 0.4) is 0 Å². The number of nitrogens with one attached hydrogen (secondary N) is 2. The van der Waals surface area contributed by atoms with Gasteiger partial charge in [0.25, 0.3) is 0 Å². The molecule has 1 saturated heterocycles. The third-order valence-electron chi connectivity index (χ3n) is 4.74. The van der Waals surface area contributed by atoms with E-state index in [1.165, 1.54) is 11.8 Å². The molecule has 150 valence electrons. The normalized spacial score (nSPS) is 14.9. The lowest BCUT2D eigenvalue weighted by Gasteiger charge is -2.34. The van der Waals surface area contributed by atoms with E-state index in [1.807, 2.05) is 43.9 Å². The first-order valence-corrected chi connectivity index (χ1v) is 10.3. The standard InChI is InChI=1S/C19H26N6O2S/c1-13-5-4-6-14(2)18(13)21-16(26)11-24-7-9-25(10-8-24)17(27)12-28-19-20-15(3)22-23-19/h4-6H,7-12H2,1-3H3,(H,21,26)(H,20,22,23). The summed E-state index contributed by atoms with van der Waals surface area (Å²) >= 11 is 1.34. The number of thioether (sulfide) groups is 1. The lowest BCUT2D eigenvalue weighted by atomic mass is 10.1. The Morgan fingerprint density at radius 2 is 1.82 bits per heavy atom. The Kier molecular flexibility index (Phi) is 6.69. The van der Waals surface area contributed by atoms with Gasteiger partial charge in [-0.25, -0.2) is 4.98 Å². The van der Waals surface area contributed by atoms with Crippen molar-refractivity contribution in [3.63, 3.8) is 0 Å². The largest absolute Gasteiger partial charge is 0.339 e. The van der Waals surface area contributed by atoms with Gasteiger partial charge in [-0.2, -0.15) is 0 Å². The lowest BCUT2D eigenvalue weighted by Crippen LogP contribution is -2.50. The minimum Gasteiger partial charge on any atom is -0.339 e. The van der Waals surface area contributed by atoms with Crippen molar-refractivity contribution in [2.24, 2.45) is 0 Å². The molecule has 0 saturated carbocycles. The molecule has 0 spiro atoms. The maximum atomic E-state index is 12.4. The number of piperazine rings is 1. The van der Waals surface area contributed by atoms with Gasteiger partial charge < -0.3 is 10.2 Å². The van der Waals surface area contributed by atoms with Crippen LogP contribution in [-0.4, -0.2) is 75.3 Å². The number of aryl methyl sites for hydroxylation is 3. The quantitative estimate of drug-likeness (QED) is 0.713. The number of hydrogen-bond acceptors (Lipinski definition) is 6. The van der Waals surface area contributed by atoms with E-state index in [2.05, 4.69) is 25.4 Å². The molecule has 1 aliphatic rings. The Morgan fingerprint density at radius 1 is 1.14 bits per heavy atom. The van der Waals surface area contributed by atoms with Gasteiger partial charge in [0.2, 0.25) is 17.0 Å². The lowest BCUT2D eigenvalue weighted by molar-refractivity contribution is -0.130. The van der Waals surface area contributed by atoms with Crippen molar-refractivity contribution in [3.05, 3.63) is 35.2 Å². The first-order valence-electron chi connectivity index (χ1n) is 9.30. The molecule has 0 atom stereocenters. The van der Waals surface area contributed by atoms with E-state index in [0.717, 1.165) is 22.6 Å². The van der Waals surface area contributed by atoms with Gasteiger partial charge in [-0.3, -0.25) is 19.6 Å². The molecule has 2 N–H and O–H groups in total. The highest BCUT2D eigenvalue weighted by Gasteiger charge is 2.23. The molecule has 0 bridgehead atoms. The van der Waals surface area contributed by atoms with Gasteiger partial charge >= 0.3 is 0 Å². The number of H-pyrrole nitrogens is 1. The number of carbonyl (C=O) groups excluding carboxylic acids is 2. The molecule has 3 rings (SSSR count). The van der Waals surface area contributed by atoms with Gasteiger partial charge in [0.05, 0.1) is 12.3 Å². The zero-order chi connectivity index (χ0) is 20.1. The number of amides is 2. The third-order valence-corrected chi connectivity index (χ3v) is 5.57. The number of aromatic nitrogens is 3. The van der Waals surface area contributed by atoms with Crippen molar-refractivity contribution < 1.29 is 9.59 Å². The molecule has 2 aromatic rings. The zero-order valence-electron chi connectivity index (χ0n) is 16.5. The number of nitrogens with zero attached hydrogens (tertiary/aromatic N) is 4. The molecule has 2 heterocycles. The molecule has 1 fully saturated rings.